The summed E-state index contributed by atoms with van der Waals surface area (Å²) in [6.07, 6.45) is 0.577. The molecule has 0 atom stereocenters. The summed E-state index contributed by atoms with van der Waals surface area (Å²) in [5.41, 5.74) is 5.50. The molecule has 2 N–H and O–H groups in total. The second-order valence-electron chi connectivity index (χ2n) is 4.68. The fraction of sp³-hybridized carbons (Fsp3) is 0.538. The minimum Gasteiger partial charge on any atom is -0.399 e. The molecule has 94 valence electrons. The second kappa shape index (κ2) is 4.59. The lowest BCUT2D eigenvalue weighted by Crippen LogP contribution is -2.14. The van der Waals surface area contributed by atoms with Crippen LogP contribution in [-0.2, 0) is 6.18 Å². The van der Waals surface area contributed by atoms with Gasteiger partial charge in [-0.1, -0.05) is 25.3 Å². The van der Waals surface area contributed by atoms with Gasteiger partial charge in [0.2, 0.25) is 0 Å². The number of benzene rings is 1. The van der Waals surface area contributed by atoms with Crippen LogP contribution in [0.3, 0.4) is 0 Å². The molecule has 17 heavy (non-hydrogen) atoms. The van der Waals surface area contributed by atoms with Crippen molar-refractivity contribution in [2.45, 2.75) is 44.2 Å². The van der Waals surface area contributed by atoms with Crippen molar-refractivity contribution in [3.63, 3.8) is 0 Å². The zero-order chi connectivity index (χ0) is 12.5. The lowest BCUT2D eigenvalue weighted by molar-refractivity contribution is -0.138. The molecule has 1 fully saturated rings. The average Bonchev–Trinajstić information content (AvgIpc) is 2.29. The summed E-state index contributed by atoms with van der Waals surface area (Å²) in [5, 5.41) is 0. The van der Waals surface area contributed by atoms with Crippen molar-refractivity contribution in [2.75, 3.05) is 5.73 Å². The zero-order valence-corrected chi connectivity index (χ0v) is 9.56. The van der Waals surface area contributed by atoms with Crippen molar-refractivity contribution in [2.24, 2.45) is 0 Å². The first-order chi connectivity index (χ1) is 7.98. The van der Waals surface area contributed by atoms with E-state index in [9.17, 15) is 13.2 Å². The molecule has 0 heterocycles. The minimum atomic E-state index is -4.30. The summed E-state index contributed by atoms with van der Waals surface area (Å²) >= 11 is 0. The van der Waals surface area contributed by atoms with Crippen molar-refractivity contribution in [1.29, 1.82) is 0 Å². The predicted molar refractivity (Wildman–Crippen MR) is 61.7 cm³/mol. The number of rotatable bonds is 1. The van der Waals surface area contributed by atoms with E-state index in [1.807, 2.05) is 0 Å². The normalized spacial score (nSPS) is 18.3. The quantitative estimate of drug-likeness (QED) is 0.730. The van der Waals surface area contributed by atoms with E-state index in [4.69, 9.17) is 5.73 Å². The SMILES string of the molecule is Nc1ccc(C2CCCCC2)c(C(F)(F)F)c1. The number of hydrogen-bond acceptors (Lipinski definition) is 1. The Morgan fingerprint density at radius 3 is 2.29 bits per heavy atom. The first kappa shape index (κ1) is 12.3. The van der Waals surface area contributed by atoms with Crippen molar-refractivity contribution >= 4 is 5.69 Å². The maximum atomic E-state index is 12.9. The fourth-order valence-corrected chi connectivity index (χ4v) is 2.59. The first-order valence-electron chi connectivity index (χ1n) is 5.95. The molecule has 1 aliphatic carbocycles. The van der Waals surface area contributed by atoms with E-state index in [1.165, 1.54) is 0 Å². The average molecular weight is 243 g/mol. The lowest BCUT2D eigenvalue weighted by Gasteiger charge is -2.25. The van der Waals surface area contributed by atoms with Crippen LogP contribution in [0.15, 0.2) is 18.2 Å². The van der Waals surface area contributed by atoms with Gasteiger partial charge in [-0.15, -0.1) is 0 Å². The Kier molecular flexibility index (Phi) is 3.31. The maximum absolute atomic E-state index is 12.9. The molecule has 1 saturated carbocycles. The lowest BCUT2D eigenvalue weighted by atomic mass is 9.82. The molecular weight excluding hydrogens is 227 g/mol. The molecular formula is C13H16F3N. The number of halogens is 3. The van der Waals surface area contributed by atoms with Gasteiger partial charge in [-0.2, -0.15) is 13.2 Å². The van der Waals surface area contributed by atoms with Gasteiger partial charge in [-0.05, 0) is 36.5 Å². The number of nitrogen functional groups attached to an aromatic ring is 1. The molecule has 0 spiro atoms. The van der Waals surface area contributed by atoms with Crippen LogP contribution in [0.5, 0.6) is 0 Å². The number of anilines is 1. The van der Waals surface area contributed by atoms with Gasteiger partial charge in [0.25, 0.3) is 0 Å². The Labute approximate surface area is 98.8 Å². The highest BCUT2D eigenvalue weighted by Gasteiger charge is 2.35. The molecule has 1 nitrogen and oxygen atoms in total. The zero-order valence-electron chi connectivity index (χ0n) is 9.56. The summed E-state index contributed by atoms with van der Waals surface area (Å²) in [5.74, 6) is 0.0426. The van der Waals surface area contributed by atoms with Crippen molar-refractivity contribution in [3.8, 4) is 0 Å². The highest BCUT2D eigenvalue weighted by Crippen LogP contribution is 2.41. The third-order valence-corrected chi connectivity index (χ3v) is 3.43. The second-order valence-corrected chi connectivity index (χ2v) is 4.68. The maximum Gasteiger partial charge on any atom is 0.416 e. The summed E-state index contributed by atoms with van der Waals surface area (Å²) in [6, 6.07) is 4.18. The van der Waals surface area contributed by atoms with Gasteiger partial charge in [-0.3, -0.25) is 0 Å². The Balaban J connectivity index is 2.38. The summed E-state index contributed by atoms with van der Waals surface area (Å²) < 4.78 is 38.8. The third-order valence-electron chi connectivity index (χ3n) is 3.43. The molecule has 0 amide bonds. The van der Waals surface area contributed by atoms with Crippen LogP contribution < -0.4 is 5.73 Å². The van der Waals surface area contributed by atoms with Crippen molar-refractivity contribution < 1.29 is 13.2 Å². The van der Waals surface area contributed by atoms with Gasteiger partial charge in [0.15, 0.2) is 0 Å². The van der Waals surface area contributed by atoms with Crippen LogP contribution >= 0.6 is 0 Å². The van der Waals surface area contributed by atoms with E-state index in [1.54, 1.807) is 12.1 Å². The fourth-order valence-electron chi connectivity index (χ4n) is 2.59. The molecule has 2 rings (SSSR count). The molecule has 1 aromatic rings. The summed E-state index contributed by atoms with van der Waals surface area (Å²) in [6.45, 7) is 0. The summed E-state index contributed by atoms with van der Waals surface area (Å²) in [4.78, 5) is 0. The monoisotopic (exact) mass is 243 g/mol. The van der Waals surface area contributed by atoms with Crippen LogP contribution in [0.2, 0.25) is 0 Å². The number of hydrogen-bond donors (Lipinski definition) is 1. The van der Waals surface area contributed by atoms with Crippen LogP contribution in [-0.4, -0.2) is 0 Å². The molecule has 0 unspecified atom stereocenters. The summed E-state index contributed by atoms with van der Waals surface area (Å²) in [7, 11) is 0. The first-order valence-corrected chi connectivity index (χ1v) is 5.95. The van der Waals surface area contributed by atoms with Crippen LogP contribution in [0.4, 0.5) is 18.9 Å². The van der Waals surface area contributed by atoms with Crippen molar-refractivity contribution in [3.05, 3.63) is 29.3 Å². The molecule has 4 heteroatoms. The molecule has 1 aliphatic rings. The van der Waals surface area contributed by atoms with Gasteiger partial charge < -0.3 is 5.73 Å². The number of nitrogens with two attached hydrogens (primary N) is 1. The third kappa shape index (κ3) is 2.73. The predicted octanol–water partition coefficient (Wildman–Crippen LogP) is 4.34. The molecule has 0 bridgehead atoms. The Bertz CT molecular complexity index is 392. The van der Waals surface area contributed by atoms with Gasteiger partial charge in [-0.25, -0.2) is 0 Å². The highest BCUT2D eigenvalue weighted by molar-refractivity contribution is 5.47. The Hall–Kier alpha value is -1.19. The largest absolute Gasteiger partial charge is 0.416 e. The van der Waals surface area contributed by atoms with Gasteiger partial charge in [0, 0.05) is 5.69 Å². The van der Waals surface area contributed by atoms with Crippen molar-refractivity contribution in [1.82, 2.24) is 0 Å². The van der Waals surface area contributed by atoms with E-state index in [0.717, 1.165) is 38.2 Å². The molecule has 0 aromatic heterocycles. The van der Waals surface area contributed by atoms with Crippen LogP contribution in [0.25, 0.3) is 0 Å². The smallest absolute Gasteiger partial charge is 0.399 e. The van der Waals surface area contributed by atoms with Gasteiger partial charge in [0.05, 0.1) is 5.56 Å². The van der Waals surface area contributed by atoms with E-state index >= 15 is 0 Å². The Morgan fingerprint density at radius 1 is 1.06 bits per heavy atom. The topological polar surface area (TPSA) is 26.0 Å². The van der Waals surface area contributed by atoms with E-state index in [0.29, 0.717) is 5.56 Å². The number of alkyl halides is 3. The van der Waals surface area contributed by atoms with Gasteiger partial charge >= 0.3 is 6.18 Å². The molecule has 0 aliphatic heterocycles. The standard InChI is InChI=1S/C13H16F3N/c14-13(15,16)12-8-10(17)6-7-11(12)9-4-2-1-3-5-9/h6-9H,1-5,17H2. The highest BCUT2D eigenvalue weighted by atomic mass is 19.4. The van der Waals surface area contributed by atoms with Crippen LogP contribution in [0.1, 0.15) is 49.1 Å². The van der Waals surface area contributed by atoms with E-state index < -0.39 is 11.7 Å². The Morgan fingerprint density at radius 2 is 1.71 bits per heavy atom. The van der Waals surface area contributed by atoms with Gasteiger partial charge in [0.1, 0.15) is 0 Å². The van der Waals surface area contributed by atoms with Crippen LogP contribution in [0, 0.1) is 0 Å². The van der Waals surface area contributed by atoms with E-state index in [2.05, 4.69) is 0 Å². The van der Waals surface area contributed by atoms with E-state index in [-0.39, 0.29) is 11.6 Å². The molecule has 0 radical (unpaired) electrons. The minimum absolute atomic E-state index is 0.0426. The molecule has 0 saturated heterocycles. The molecule has 1 aromatic carbocycles.